The highest BCUT2D eigenvalue weighted by atomic mass is 16.5. The van der Waals surface area contributed by atoms with Gasteiger partial charge in [0, 0.05) is 50.2 Å². The van der Waals surface area contributed by atoms with Crippen LogP contribution in [-0.2, 0) is 4.74 Å². The van der Waals surface area contributed by atoms with Crippen LogP contribution in [0.3, 0.4) is 0 Å². The van der Waals surface area contributed by atoms with E-state index in [-0.39, 0.29) is 29.2 Å². The summed E-state index contributed by atoms with van der Waals surface area (Å²) in [6, 6.07) is 3.46. The van der Waals surface area contributed by atoms with Gasteiger partial charge in [0.1, 0.15) is 5.56 Å². The van der Waals surface area contributed by atoms with Crippen molar-refractivity contribution in [2.45, 2.75) is 31.2 Å². The van der Waals surface area contributed by atoms with Crippen LogP contribution in [0.4, 0.5) is 0 Å². The van der Waals surface area contributed by atoms with Gasteiger partial charge in [-0.2, -0.15) is 4.98 Å². The van der Waals surface area contributed by atoms with Crippen LogP contribution in [0.2, 0.25) is 0 Å². The fourth-order valence-corrected chi connectivity index (χ4v) is 5.20. The van der Waals surface area contributed by atoms with Crippen molar-refractivity contribution < 1.29 is 23.4 Å². The summed E-state index contributed by atoms with van der Waals surface area (Å²) >= 11 is 0. The number of hydrogen-bond donors (Lipinski definition) is 0. The highest BCUT2D eigenvalue weighted by molar-refractivity contribution is 5.97. The molecule has 2 aromatic heterocycles. The molecule has 0 saturated carbocycles. The fourth-order valence-electron chi connectivity index (χ4n) is 5.20. The first-order valence-electron chi connectivity index (χ1n) is 11.0. The molecule has 3 fully saturated rings. The molecule has 0 radical (unpaired) electrons. The van der Waals surface area contributed by atoms with Crippen molar-refractivity contribution in [1.82, 2.24) is 25.0 Å². The lowest BCUT2D eigenvalue weighted by atomic mass is 9.77. The number of methoxy groups -OCH3 is 2. The molecule has 0 bridgehead atoms. The van der Waals surface area contributed by atoms with Crippen molar-refractivity contribution >= 4 is 5.91 Å². The van der Waals surface area contributed by atoms with E-state index in [2.05, 4.69) is 27.1 Å². The highest BCUT2D eigenvalue weighted by Gasteiger charge is 2.53. The smallest absolute Gasteiger partial charge is 0.259 e. The van der Waals surface area contributed by atoms with E-state index in [0.717, 1.165) is 44.9 Å². The van der Waals surface area contributed by atoms with Gasteiger partial charge in [0.2, 0.25) is 23.5 Å². The summed E-state index contributed by atoms with van der Waals surface area (Å²) in [7, 11) is 5.12. The number of carbonyl (C=O) groups is 1. The Bertz CT molecular complexity index is 983. The fraction of sp³-hybridized carbons (Fsp3) is 0.636. The Morgan fingerprint density at radius 1 is 1.09 bits per heavy atom. The van der Waals surface area contributed by atoms with Gasteiger partial charge < -0.3 is 23.5 Å². The molecule has 172 valence electrons. The topological polar surface area (TPSA) is 103 Å². The summed E-state index contributed by atoms with van der Waals surface area (Å²) < 4.78 is 22.0. The van der Waals surface area contributed by atoms with Gasteiger partial charge >= 0.3 is 0 Å². The van der Waals surface area contributed by atoms with E-state index in [1.807, 2.05) is 4.90 Å². The molecule has 1 amide bonds. The molecule has 3 aliphatic rings. The van der Waals surface area contributed by atoms with Crippen LogP contribution in [-0.4, -0.2) is 85.0 Å². The van der Waals surface area contributed by atoms with E-state index in [1.54, 1.807) is 12.1 Å². The van der Waals surface area contributed by atoms with E-state index >= 15 is 0 Å². The number of carbonyl (C=O) groups excluding carboxylic acids is 1. The Labute approximate surface area is 186 Å². The third kappa shape index (κ3) is 3.71. The van der Waals surface area contributed by atoms with E-state index in [9.17, 15) is 4.79 Å². The van der Waals surface area contributed by atoms with Crippen LogP contribution in [0.25, 0.3) is 0 Å². The third-order valence-corrected chi connectivity index (χ3v) is 6.86. The average Bonchev–Trinajstić information content (AvgIpc) is 3.42. The zero-order chi connectivity index (χ0) is 22.3. The molecule has 2 aromatic rings. The number of rotatable bonds is 5. The largest absolute Gasteiger partial charge is 0.481 e. The highest BCUT2D eigenvalue weighted by Crippen LogP contribution is 2.48. The molecule has 5 rings (SSSR count). The maximum atomic E-state index is 13.1. The molecule has 10 nitrogen and oxygen atoms in total. The number of likely N-dealkylation sites (tertiary alicyclic amines) is 2. The van der Waals surface area contributed by atoms with Gasteiger partial charge in [-0.15, -0.1) is 10.2 Å². The van der Waals surface area contributed by atoms with Crippen molar-refractivity contribution in [3.05, 3.63) is 29.5 Å². The number of aromatic nitrogens is 3. The summed E-state index contributed by atoms with van der Waals surface area (Å²) in [5, 5.41) is 8.70. The minimum absolute atomic E-state index is 0.0372. The summed E-state index contributed by atoms with van der Waals surface area (Å²) in [6.07, 6.45) is 2.74. The SMILES string of the molecule is COc1ccc(C(=O)N2CC3(CC(c4nnc(C5CCOCC5)o4)N(C)C3)C2)c(OC)n1. The second kappa shape index (κ2) is 8.32. The molecular formula is C22H29N5O5. The number of amides is 1. The van der Waals surface area contributed by atoms with Crippen LogP contribution < -0.4 is 9.47 Å². The molecule has 0 aliphatic carbocycles. The monoisotopic (exact) mass is 443 g/mol. The molecular weight excluding hydrogens is 414 g/mol. The van der Waals surface area contributed by atoms with E-state index in [1.165, 1.54) is 14.2 Å². The Morgan fingerprint density at radius 2 is 1.84 bits per heavy atom. The number of nitrogens with zero attached hydrogens (tertiary/aromatic N) is 5. The molecule has 1 spiro atoms. The Morgan fingerprint density at radius 3 is 2.56 bits per heavy atom. The van der Waals surface area contributed by atoms with Crippen LogP contribution in [0.5, 0.6) is 11.8 Å². The predicted molar refractivity (Wildman–Crippen MR) is 113 cm³/mol. The Balaban J connectivity index is 1.24. The van der Waals surface area contributed by atoms with E-state index < -0.39 is 0 Å². The van der Waals surface area contributed by atoms with Crippen molar-refractivity contribution in [2.24, 2.45) is 5.41 Å². The molecule has 1 unspecified atom stereocenters. The lowest BCUT2D eigenvalue weighted by molar-refractivity contribution is 0.0112. The summed E-state index contributed by atoms with van der Waals surface area (Å²) in [6.45, 7) is 3.74. The summed E-state index contributed by atoms with van der Waals surface area (Å²) in [5.74, 6) is 2.31. The van der Waals surface area contributed by atoms with Crippen LogP contribution in [0.15, 0.2) is 16.5 Å². The minimum Gasteiger partial charge on any atom is -0.481 e. The second-order valence-corrected chi connectivity index (χ2v) is 9.07. The predicted octanol–water partition coefficient (Wildman–Crippen LogP) is 1.89. The van der Waals surface area contributed by atoms with Crippen LogP contribution >= 0.6 is 0 Å². The molecule has 0 N–H and O–H groups in total. The van der Waals surface area contributed by atoms with Gasteiger partial charge in [-0.25, -0.2) is 0 Å². The summed E-state index contributed by atoms with van der Waals surface area (Å²) in [4.78, 5) is 21.4. The maximum absolute atomic E-state index is 13.1. The quantitative estimate of drug-likeness (QED) is 0.685. The van der Waals surface area contributed by atoms with Crippen molar-refractivity contribution in [1.29, 1.82) is 0 Å². The molecule has 10 heteroatoms. The Kier molecular flexibility index (Phi) is 5.50. The van der Waals surface area contributed by atoms with Crippen molar-refractivity contribution in [2.75, 3.05) is 54.1 Å². The number of ether oxygens (including phenoxy) is 3. The minimum atomic E-state index is -0.0756. The van der Waals surface area contributed by atoms with Gasteiger partial charge in [0.25, 0.3) is 5.91 Å². The lowest BCUT2D eigenvalue weighted by Gasteiger charge is -2.48. The average molecular weight is 444 g/mol. The van der Waals surface area contributed by atoms with E-state index in [0.29, 0.717) is 30.4 Å². The standard InChI is InChI=1S/C22H29N5O5/c1-26-11-22(10-16(26)20-25-24-18(32-20)14-6-8-31-9-7-14)12-27(13-22)21(28)15-4-5-17(29-2)23-19(15)30-3/h4-5,14,16H,6-13H2,1-3H3. The molecule has 32 heavy (non-hydrogen) atoms. The molecule has 3 aliphatic heterocycles. The normalized spacial score (nSPS) is 23.3. The van der Waals surface area contributed by atoms with Gasteiger partial charge in [-0.05, 0) is 32.4 Å². The van der Waals surface area contributed by atoms with Gasteiger partial charge in [-0.3, -0.25) is 9.69 Å². The molecule has 0 aromatic carbocycles. The van der Waals surface area contributed by atoms with Crippen LogP contribution in [0, 0.1) is 5.41 Å². The third-order valence-electron chi connectivity index (χ3n) is 6.86. The van der Waals surface area contributed by atoms with Crippen LogP contribution in [0.1, 0.15) is 53.4 Å². The first-order valence-corrected chi connectivity index (χ1v) is 11.0. The zero-order valence-electron chi connectivity index (χ0n) is 18.7. The first-order chi connectivity index (χ1) is 15.5. The summed E-state index contributed by atoms with van der Waals surface area (Å²) in [5.41, 5.74) is 0.485. The van der Waals surface area contributed by atoms with Gasteiger partial charge in [0.05, 0.1) is 20.3 Å². The zero-order valence-corrected chi connectivity index (χ0v) is 18.7. The first kappa shape index (κ1) is 21.1. The van der Waals surface area contributed by atoms with Crippen molar-refractivity contribution in [3.63, 3.8) is 0 Å². The Hall–Kier alpha value is -2.72. The molecule has 1 atom stereocenters. The molecule has 5 heterocycles. The number of hydrogen-bond acceptors (Lipinski definition) is 9. The van der Waals surface area contributed by atoms with E-state index in [4.69, 9.17) is 18.6 Å². The lowest BCUT2D eigenvalue weighted by Crippen LogP contribution is -2.59. The van der Waals surface area contributed by atoms with Gasteiger partial charge in [0.15, 0.2) is 0 Å². The second-order valence-electron chi connectivity index (χ2n) is 9.07. The van der Waals surface area contributed by atoms with Crippen molar-refractivity contribution in [3.8, 4) is 11.8 Å². The maximum Gasteiger partial charge on any atom is 0.259 e. The molecule has 3 saturated heterocycles. The van der Waals surface area contributed by atoms with Gasteiger partial charge in [-0.1, -0.05) is 0 Å². The number of pyridine rings is 1.